The van der Waals surface area contributed by atoms with Crippen molar-refractivity contribution in [2.45, 2.75) is 6.92 Å². The maximum Gasteiger partial charge on any atom is 0.328 e. The van der Waals surface area contributed by atoms with Crippen molar-refractivity contribution in [3.8, 4) is 0 Å². The molecule has 1 rings (SSSR count). The van der Waals surface area contributed by atoms with Gasteiger partial charge >= 0.3 is 5.97 Å². The van der Waals surface area contributed by atoms with E-state index in [0.29, 0.717) is 0 Å². The molecule has 5 heteroatoms. The predicted molar refractivity (Wildman–Crippen MR) is 56.4 cm³/mol. The van der Waals surface area contributed by atoms with Gasteiger partial charge in [0, 0.05) is 11.6 Å². The summed E-state index contributed by atoms with van der Waals surface area (Å²) in [5.74, 6) is -2.44. The van der Waals surface area contributed by atoms with E-state index in [-0.39, 0.29) is 11.3 Å². The van der Waals surface area contributed by atoms with Crippen LogP contribution in [0.15, 0.2) is 35.9 Å². The number of carboxylic acid groups (broad SMARTS) is 1. The number of nitrogens with one attached hydrogen (secondary N) is 1. The molecule has 0 aromatic heterocycles. The van der Waals surface area contributed by atoms with Crippen LogP contribution in [0.3, 0.4) is 0 Å². The molecule has 0 aliphatic rings. The summed E-state index contributed by atoms with van der Waals surface area (Å²) < 4.78 is 13.1. The van der Waals surface area contributed by atoms with Gasteiger partial charge in [0.1, 0.15) is 5.82 Å². The van der Waals surface area contributed by atoms with E-state index in [4.69, 9.17) is 5.11 Å². The normalized spacial score (nSPS) is 11.0. The maximum absolute atomic E-state index is 13.1. The highest BCUT2D eigenvalue weighted by Crippen LogP contribution is 2.13. The largest absolute Gasteiger partial charge is 0.478 e. The number of benzene rings is 1. The fraction of sp³-hybridized carbons (Fsp3) is 0.0909. The van der Waals surface area contributed by atoms with E-state index >= 15 is 0 Å². The standard InChI is InChI=1S/C11H10FNO3/c1-7(6-10(14)15)11(16)13-9-5-3-2-4-8(9)12/h2-6H,1H3,(H,13,16)(H,14,15)/b7-6+. The van der Waals surface area contributed by atoms with Crippen LogP contribution in [0, 0.1) is 5.82 Å². The van der Waals surface area contributed by atoms with E-state index in [1.54, 1.807) is 6.07 Å². The van der Waals surface area contributed by atoms with E-state index in [1.165, 1.54) is 25.1 Å². The number of hydrogen-bond donors (Lipinski definition) is 2. The molecule has 0 aliphatic heterocycles. The van der Waals surface area contributed by atoms with E-state index in [2.05, 4.69) is 5.32 Å². The SMILES string of the molecule is C/C(=C\C(=O)O)C(=O)Nc1ccccc1F. The Labute approximate surface area is 91.4 Å². The minimum Gasteiger partial charge on any atom is -0.478 e. The molecule has 16 heavy (non-hydrogen) atoms. The highest BCUT2D eigenvalue weighted by Gasteiger charge is 2.08. The van der Waals surface area contributed by atoms with Crippen LogP contribution in [0.5, 0.6) is 0 Å². The Morgan fingerprint density at radius 2 is 2.00 bits per heavy atom. The number of halogens is 1. The molecule has 0 bridgehead atoms. The van der Waals surface area contributed by atoms with Crippen molar-refractivity contribution in [3.05, 3.63) is 41.7 Å². The number of carbonyl (C=O) groups excluding carboxylic acids is 1. The van der Waals surface area contributed by atoms with Gasteiger partial charge in [-0.15, -0.1) is 0 Å². The fourth-order valence-corrected chi connectivity index (χ4v) is 1.03. The lowest BCUT2D eigenvalue weighted by Crippen LogP contribution is -2.14. The van der Waals surface area contributed by atoms with Gasteiger partial charge in [-0.1, -0.05) is 12.1 Å². The van der Waals surface area contributed by atoms with Gasteiger partial charge in [-0.2, -0.15) is 0 Å². The Bertz CT molecular complexity index is 454. The van der Waals surface area contributed by atoms with Crippen molar-refractivity contribution in [3.63, 3.8) is 0 Å². The third-order valence-electron chi connectivity index (χ3n) is 1.82. The molecule has 0 aliphatic carbocycles. The Morgan fingerprint density at radius 1 is 1.38 bits per heavy atom. The summed E-state index contributed by atoms with van der Waals surface area (Å²) in [5.41, 5.74) is 0.0152. The van der Waals surface area contributed by atoms with Crippen LogP contribution >= 0.6 is 0 Å². The van der Waals surface area contributed by atoms with Crippen molar-refractivity contribution in [1.82, 2.24) is 0 Å². The first-order chi connectivity index (χ1) is 7.50. The molecule has 0 unspecified atom stereocenters. The van der Waals surface area contributed by atoms with Gasteiger partial charge in [0.25, 0.3) is 5.91 Å². The average molecular weight is 223 g/mol. The molecule has 0 atom stereocenters. The summed E-state index contributed by atoms with van der Waals surface area (Å²) in [5, 5.41) is 10.7. The van der Waals surface area contributed by atoms with Crippen molar-refractivity contribution in [1.29, 1.82) is 0 Å². The molecule has 0 spiro atoms. The van der Waals surface area contributed by atoms with Gasteiger partial charge in [0.15, 0.2) is 0 Å². The Kier molecular flexibility index (Phi) is 3.77. The fourth-order valence-electron chi connectivity index (χ4n) is 1.03. The lowest BCUT2D eigenvalue weighted by Gasteiger charge is -2.05. The number of carboxylic acids is 1. The van der Waals surface area contributed by atoms with E-state index < -0.39 is 17.7 Å². The molecular weight excluding hydrogens is 213 g/mol. The molecule has 0 radical (unpaired) electrons. The maximum atomic E-state index is 13.1. The molecule has 0 fully saturated rings. The first-order valence-corrected chi connectivity index (χ1v) is 4.48. The minimum atomic E-state index is -1.22. The molecule has 4 nitrogen and oxygen atoms in total. The Hall–Kier alpha value is -2.17. The van der Waals surface area contributed by atoms with Crippen LogP contribution in [-0.4, -0.2) is 17.0 Å². The van der Waals surface area contributed by atoms with Gasteiger partial charge in [0.05, 0.1) is 5.69 Å². The molecule has 0 heterocycles. The minimum absolute atomic E-state index is 0.00393. The smallest absolute Gasteiger partial charge is 0.328 e. The topological polar surface area (TPSA) is 66.4 Å². The van der Waals surface area contributed by atoms with Crippen molar-refractivity contribution in [2.75, 3.05) is 5.32 Å². The second-order valence-electron chi connectivity index (χ2n) is 3.10. The molecule has 1 aromatic rings. The quantitative estimate of drug-likeness (QED) is 0.768. The highest BCUT2D eigenvalue weighted by atomic mass is 19.1. The summed E-state index contributed by atoms with van der Waals surface area (Å²) in [7, 11) is 0. The third kappa shape index (κ3) is 3.20. The summed E-state index contributed by atoms with van der Waals surface area (Å²) in [6.07, 6.45) is 0.760. The number of anilines is 1. The summed E-state index contributed by atoms with van der Waals surface area (Å²) >= 11 is 0. The van der Waals surface area contributed by atoms with Gasteiger partial charge in [-0.25, -0.2) is 9.18 Å². The zero-order chi connectivity index (χ0) is 12.1. The lowest BCUT2D eigenvalue weighted by molar-refractivity contribution is -0.131. The van der Waals surface area contributed by atoms with Crippen LogP contribution in [0.4, 0.5) is 10.1 Å². The van der Waals surface area contributed by atoms with Gasteiger partial charge in [-0.05, 0) is 19.1 Å². The van der Waals surface area contributed by atoms with Gasteiger partial charge in [0.2, 0.25) is 0 Å². The van der Waals surface area contributed by atoms with Crippen LogP contribution in [0.2, 0.25) is 0 Å². The molecular formula is C11H10FNO3. The molecule has 2 N–H and O–H groups in total. The molecule has 0 saturated carbocycles. The number of amides is 1. The molecule has 84 valence electrons. The summed E-state index contributed by atoms with van der Waals surface area (Å²) in [6.45, 7) is 1.34. The van der Waals surface area contributed by atoms with Crippen molar-refractivity contribution < 1.29 is 19.1 Å². The molecule has 0 saturated heterocycles. The number of hydrogen-bond acceptors (Lipinski definition) is 2. The predicted octanol–water partition coefficient (Wildman–Crippen LogP) is 1.80. The molecule has 1 aromatic carbocycles. The van der Waals surface area contributed by atoms with E-state index in [1.807, 2.05) is 0 Å². The average Bonchev–Trinajstić information content (AvgIpc) is 2.20. The number of aliphatic carboxylic acids is 1. The van der Waals surface area contributed by atoms with Crippen LogP contribution in [-0.2, 0) is 9.59 Å². The highest BCUT2D eigenvalue weighted by molar-refractivity contribution is 6.06. The summed E-state index contributed by atoms with van der Waals surface area (Å²) in [6, 6.07) is 5.65. The van der Waals surface area contributed by atoms with Crippen LogP contribution in [0.25, 0.3) is 0 Å². The summed E-state index contributed by atoms with van der Waals surface area (Å²) in [4.78, 5) is 21.7. The Balaban J connectivity index is 2.80. The first kappa shape index (κ1) is 11.9. The molecule has 1 amide bonds. The second kappa shape index (κ2) is 5.06. The number of carbonyl (C=O) groups is 2. The van der Waals surface area contributed by atoms with Crippen LogP contribution in [0.1, 0.15) is 6.92 Å². The first-order valence-electron chi connectivity index (χ1n) is 4.48. The number of rotatable bonds is 3. The van der Waals surface area contributed by atoms with E-state index in [0.717, 1.165) is 6.08 Å². The Morgan fingerprint density at radius 3 is 2.56 bits per heavy atom. The van der Waals surface area contributed by atoms with Crippen molar-refractivity contribution in [2.24, 2.45) is 0 Å². The van der Waals surface area contributed by atoms with Crippen molar-refractivity contribution >= 4 is 17.6 Å². The second-order valence-corrected chi connectivity index (χ2v) is 3.10. The van der Waals surface area contributed by atoms with Gasteiger partial charge in [-0.3, -0.25) is 4.79 Å². The van der Waals surface area contributed by atoms with Crippen LogP contribution < -0.4 is 5.32 Å². The third-order valence-corrected chi connectivity index (χ3v) is 1.82. The lowest BCUT2D eigenvalue weighted by atomic mass is 10.2. The van der Waals surface area contributed by atoms with E-state index in [9.17, 15) is 14.0 Å². The zero-order valence-electron chi connectivity index (χ0n) is 8.53. The monoisotopic (exact) mass is 223 g/mol. The zero-order valence-corrected chi connectivity index (χ0v) is 8.53. The van der Waals surface area contributed by atoms with Gasteiger partial charge < -0.3 is 10.4 Å². The number of para-hydroxylation sites is 1.